The van der Waals surface area contributed by atoms with Crippen molar-refractivity contribution < 1.29 is 4.42 Å². The van der Waals surface area contributed by atoms with Gasteiger partial charge in [0.05, 0.1) is 6.04 Å². The van der Waals surface area contributed by atoms with E-state index in [1.165, 1.54) is 82.6 Å². The summed E-state index contributed by atoms with van der Waals surface area (Å²) in [6, 6.07) is 3.48. The van der Waals surface area contributed by atoms with Gasteiger partial charge in [-0.15, -0.1) is 13.2 Å². The number of furan rings is 1. The summed E-state index contributed by atoms with van der Waals surface area (Å²) in [7, 11) is 0. The second-order valence-corrected chi connectivity index (χ2v) is 10.3. The molecule has 2 fully saturated rings. The Balaban J connectivity index is 1.44. The molecule has 4 atom stereocenters. The summed E-state index contributed by atoms with van der Waals surface area (Å²) >= 11 is 0. The molecule has 0 N–H and O–H groups in total. The van der Waals surface area contributed by atoms with Crippen LogP contribution in [0.25, 0.3) is 0 Å². The second kappa shape index (κ2) is 9.11. The van der Waals surface area contributed by atoms with Crippen molar-refractivity contribution in [2.24, 2.45) is 5.41 Å². The Hall–Kier alpha value is -1.58. The van der Waals surface area contributed by atoms with E-state index in [4.69, 9.17) is 4.42 Å². The zero-order chi connectivity index (χ0) is 21.3. The SMILES string of the molecule is C=CCCCCN1CC[C@H]2c3cc(CCC=C)oc3[C@@H]3N4CCCC/C=C\[C@H]4C[C@@]32C1. The molecule has 31 heavy (non-hydrogen) atoms. The molecule has 168 valence electrons. The summed E-state index contributed by atoms with van der Waals surface area (Å²) in [5.41, 5.74) is 1.89. The molecule has 4 heterocycles. The van der Waals surface area contributed by atoms with Crippen LogP contribution in [0.3, 0.4) is 0 Å². The van der Waals surface area contributed by atoms with Crippen LogP contribution in [0, 0.1) is 5.41 Å². The van der Waals surface area contributed by atoms with Crippen LogP contribution in [0.4, 0.5) is 0 Å². The van der Waals surface area contributed by atoms with Crippen LogP contribution in [-0.4, -0.2) is 42.0 Å². The van der Waals surface area contributed by atoms with Gasteiger partial charge in [-0.3, -0.25) is 4.90 Å². The fourth-order valence-electron chi connectivity index (χ4n) is 7.13. The Morgan fingerprint density at radius 1 is 1.13 bits per heavy atom. The van der Waals surface area contributed by atoms with Gasteiger partial charge in [0.25, 0.3) is 0 Å². The number of fused-ring (bicyclic) bond motifs is 5. The van der Waals surface area contributed by atoms with Gasteiger partial charge >= 0.3 is 0 Å². The molecule has 3 nitrogen and oxygen atoms in total. The third kappa shape index (κ3) is 3.78. The van der Waals surface area contributed by atoms with E-state index >= 15 is 0 Å². The lowest BCUT2D eigenvalue weighted by Crippen LogP contribution is -2.47. The highest BCUT2D eigenvalue weighted by Gasteiger charge is 2.64. The molecule has 0 amide bonds. The first-order valence-electron chi connectivity index (χ1n) is 12.8. The molecule has 3 aliphatic heterocycles. The molecule has 1 aromatic rings. The third-order valence-electron chi connectivity index (χ3n) is 8.43. The monoisotopic (exact) mass is 420 g/mol. The zero-order valence-electron chi connectivity index (χ0n) is 19.2. The minimum atomic E-state index is 0.334. The fraction of sp³-hybridized carbons (Fsp3) is 0.643. The van der Waals surface area contributed by atoms with Gasteiger partial charge in [-0.2, -0.15) is 0 Å². The van der Waals surface area contributed by atoms with Crippen molar-refractivity contribution in [1.82, 2.24) is 9.80 Å². The number of hydrogen-bond acceptors (Lipinski definition) is 3. The Morgan fingerprint density at radius 2 is 2.03 bits per heavy atom. The highest BCUT2D eigenvalue weighted by molar-refractivity contribution is 5.42. The van der Waals surface area contributed by atoms with E-state index in [1.54, 1.807) is 5.56 Å². The number of unbranched alkanes of at least 4 members (excludes halogenated alkanes) is 2. The van der Waals surface area contributed by atoms with Crippen LogP contribution in [0.5, 0.6) is 0 Å². The van der Waals surface area contributed by atoms with Gasteiger partial charge in [-0.25, -0.2) is 0 Å². The molecular formula is C28H40N2O. The molecule has 1 aliphatic carbocycles. The Kier molecular flexibility index (Phi) is 6.25. The van der Waals surface area contributed by atoms with Crippen LogP contribution in [-0.2, 0) is 6.42 Å². The number of allylic oxidation sites excluding steroid dienone is 3. The largest absolute Gasteiger partial charge is 0.464 e. The predicted octanol–water partition coefficient (Wildman–Crippen LogP) is 6.40. The van der Waals surface area contributed by atoms with Crippen LogP contribution >= 0.6 is 0 Å². The van der Waals surface area contributed by atoms with Crippen LogP contribution in [0.1, 0.15) is 86.8 Å². The molecule has 5 rings (SSSR count). The van der Waals surface area contributed by atoms with Gasteiger partial charge in [0.2, 0.25) is 0 Å². The van der Waals surface area contributed by atoms with Crippen molar-refractivity contribution in [3.63, 3.8) is 0 Å². The maximum atomic E-state index is 6.66. The van der Waals surface area contributed by atoms with E-state index in [9.17, 15) is 0 Å². The van der Waals surface area contributed by atoms with Crippen LogP contribution in [0.2, 0.25) is 0 Å². The highest BCUT2D eigenvalue weighted by atomic mass is 16.3. The first-order valence-corrected chi connectivity index (χ1v) is 12.8. The van der Waals surface area contributed by atoms with Crippen molar-refractivity contribution in [1.29, 1.82) is 0 Å². The van der Waals surface area contributed by atoms with E-state index in [0.717, 1.165) is 19.3 Å². The van der Waals surface area contributed by atoms with Crippen molar-refractivity contribution in [3.05, 3.63) is 60.6 Å². The molecule has 0 aromatic carbocycles. The molecule has 0 bridgehead atoms. The maximum Gasteiger partial charge on any atom is 0.125 e. The maximum absolute atomic E-state index is 6.66. The highest BCUT2D eigenvalue weighted by Crippen LogP contribution is 2.67. The van der Waals surface area contributed by atoms with Crippen molar-refractivity contribution >= 4 is 0 Å². The standard InChI is InChI=1S/C28H40N2O/c1-3-5-7-11-16-29-18-15-25-24-19-23(14-6-4-2)31-26(24)27-28(25,21-29)20-22-13-10-8-9-12-17-30(22)27/h3-4,10,13,19,22,25,27H,1-2,5-9,11-12,14-18,20-21H2/b13-10-/t22-,25-,27-,28-/m0/s1. The number of rotatable bonds is 8. The smallest absolute Gasteiger partial charge is 0.125 e. The summed E-state index contributed by atoms with van der Waals surface area (Å²) in [4.78, 5) is 5.61. The summed E-state index contributed by atoms with van der Waals surface area (Å²) in [5.74, 6) is 3.17. The Labute approximate surface area is 188 Å². The van der Waals surface area contributed by atoms with E-state index < -0.39 is 0 Å². The van der Waals surface area contributed by atoms with Gasteiger partial charge in [0, 0.05) is 24.4 Å². The molecule has 3 heteroatoms. The van der Waals surface area contributed by atoms with Gasteiger partial charge in [0.15, 0.2) is 0 Å². The lowest BCUT2D eigenvalue weighted by molar-refractivity contribution is 0.0364. The average molecular weight is 421 g/mol. The quantitative estimate of drug-likeness (QED) is 0.358. The van der Waals surface area contributed by atoms with Gasteiger partial charge in [0.1, 0.15) is 11.5 Å². The zero-order valence-corrected chi connectivity index (χ0v) is 19.2. The van der Waals surface area contributed by atoms with Crippen LogP contribution < -0.4 is 0 Å². The van der Waals surface area contributed by atoms with Gasteiger partial charge in [-0.05, 0) is 95.0 Å². The second-order valence-electron chi connectivity index (χ2n) is 10.3. The first kappa shape index (κ1) is 21.3. The minimum absolute atomic E-state index is 0.334. The fourth-order valence-corrected chi connectivity index (χ4v) is 7.13. The van der Waals surface area contributed by atoms with E-state index in [1.807, 2.05) is 6.08 Å². The minimum Gasteiger partial charge on any atom is -0.464 e. The molecule has 0 radical (unpaired) electrons. The number of nitrogens with zero attached hydrogens (tertiary/aromatic N) is 2. The molecule has 0 saturated carbocycles. The molecular weight excluding hydrogens is 380 g/mol. The predicted molar refractivity (Wildman–Crippen MR) is 128 cm³/mol. The molecule has 1 spiro atoms. The lowest BCUT2D eigenvalue weighted by Gasteiger charge is -2.45. The van der Waals surface area contributed by atoms with Gasteiger partial charge in [-0.1, -0.05) is 24.3 Å². The first-order chi connectivity index (χ1) is 15.3. The van der Waals surface area contributed by atoms with Crippen molar-refractivity contribution in [3.8, 4) is 0 Å². The number of likely N-dealkylation sites (tertiary alicyclic amines) is 1. The summed E-state index contributed by atoms with van der Waals surface area (Å²) in [5, 5.41) is 0. The topological polar surface area (TPSA) is 19.6 Å². The number of hydrogen-bond donors (Lipinski definition) is 0. The summed E-state index contributed by atoms with van der Waals surface area (Å²) < 4.78 is 6.66. The van der Waals surface area contributed by atoms with E-state index in [2.05, 4.69) is 47.3 Å². The van der Waals surface area contributed by atoms with Gasteiger partial charge < -0.3 is 9.32 Å². The van der Waals surface area contributed by atoms with Crippen LogP contribution in [0.15, 0.2) is 47.9 Å². The van der Waals surface area contributed by atoms with E-state index in [0.29, 0.717) is 23.4 Å². The molecule has 0 unspecified atom stereocenters. The average Bonchev–Trinajstić information content (AvgIpc) is 3.35. The Bertz CT molecular complexity index is 823. The van der Waals surface area contributed by atoms with Crippen molar-refractivity contribution in [2.45, 2.75) is 82.2 Å². The normalized spacial score (nSPS) is 33.6. The number of aryl methyl sites for hydroxylation is 1. The Morgan fingerprint density at radius 3 is 2.90 bits per heavy atom. The molecule has 4 aliphatic rings. The summed E-state index contributed by atoms with van der Waals surface area (Å²) in [6.45, 7) is 12.7. The number of piperidine rings is 1. The lowest BCUT2D eigenvalue weighted by atomic mass is 9.68. The summed E-state index contributed by atoms with van der Waals surface area (Å²) in [6.07, 6.45) is 21.2. The third-order valence-corrected chi connectivity index (χ3v) is 8.43. The van der Waals surface area contributed by atoms with Crippen molar-refractivity contribution in [2.75, 3.05) is 26.2 Å². The van der Waals surface area contributed by atoms with E-state index in [-0.39, 0.29) is 0 Å². The molecule has 2 saturated heterocycles. The molecule has 1 aromatic heterocycles.